The molecule has 0 aliphatic heterocycles. The number of aromatic nitrogens is 1. The van der Waals surface area contributed by atoms with E-state index in [1.54, 1.807) is 6.92 Å². The zero-order chi connectivity index (χ0) is 5.98. The smallest absolute Gasteiger partial charge is 0.155 e. The van der Waals surface area contributed by atoms with Gasteiger partial charge in [0.05, 0.1) is 11.8 Å². The first-order chi connectivity index (χ1) is 3.84. The summed E-state index contributed by atoms with van der Waals surface area (Å²) >= 11 is 0. The highest BCUT2D eigenvalue weighted by Gasteiger charge is 1.97. The first-order valence-electron chi connectivity index (χ1n) is 2.21. The molecule has 1 rings (SSSR count). The highest BCUT2D eigenvalue weighted by atomic mass is 16.5. The molecule has 42 valence electrons. The van der Waals surface area contributed by atoms with E-state index in [9.17, 15) is 4.79 Å². The maximum absolute atomic E-state index is 9.99. The Morgan fingerprint density at radius 1 is 1.88 bits per heavy atom. The first kappa shape index (κ1) is 5.03. The second-order valence-corrected chi connectivity index (χ2v) is 1.46. The van der Waals surface area contributed by atoms with Crippen molar-refractivity contribution in [2.24, 2.45) is 0 Å². The van der Waals surface area contributed by atoms with Gasteiger partial charge in [0.15, 0.2) is 6.29 Å². The summed E-state index contributed by atoms with van der Waals surface area (Å²) in [6.45, 7) is 1.69. The van der Waals surface area contributed by atoms with Crippen LogP contribution < -0.4 is 0 Å². The van der Waals surface area contributed by atoms with Crippen LogP contribution in [0.2, 0.25) is 0 Å². The van der Waals surface area contributed by atoms with Gasteiger partial charge in [-0.2, -0.15) is 0 Å². The molecule has 0 atom stereocenters. The lowest BCUT2D eigenvalue weighted by atomic mass is 10.3. The Morgan fingerprint density at radius 3 is 2.88 bits per heavy atom. The van der Waals surface area contributed by atoms with Crippen LogP contribution in [-0.2, 0) is 0 Å². The van der Waals surface area contributed by atoms with Gasteiger partial charge in [-0.05, 0) is 6.92 Å². The lowest BCUT2D eigenvalue weighted by molar-refractivity contribution is 0.112. The molecular weight excluding hydrogens is 106 g/mol. The zero-order valence-electron chi connectivity index (χ0n) is 4.42. The van der Waals surface area contributed by atoms with Crippen LogP contribution >= 0.6 is 0 Å². The lowest BCUT2D eigenvalue weighted by Gasteiger charge is -1.75. The van der Waals surface area contributed by atoms with Crippen LogP contribution in [0, 0.1) is 6.92 Å². The van der Waals surface area contributed by atoms with Crippen molar-refractivity contribution in [2.75, 3.05) is 0 Å². The van der Waals surface area contributed by atoms with E-state index in [0.717, 1.165) is 0 Å². The Hall–Kier alpha value is -1.12. The number of aryl methyl sites for hydroxylation is 1. The van der Waals surface area contributed by atoms with Crippen molar-refractivity contribution in [3.63, 3.8) is 0 Å². The van der Waals surface area contributed by atoms with Crippen molar-refractivity contribution >= 4 is 6.29 Å². The van der Waals surface area contributed by atoms with Crippen molar-refractivity contribution < 1.29 is 9.32 Å². The largest absolute Gasteiger partial charge is 0.361 e. The van der Waals surface area contributed by atoms with Gasteiger partial charge in [0.1, 0.15) is 5.76 Å². The Labute approximate surface area is 46.3 Å². The van der Waals surface area contributed by atoms with E-state index in [2.05, 4.69) is 9.68 Å². The minimum Gasteiger partial charge on any atom is -0.361 e. The fraction of sp³-hybridized carbons (Fsp3) is 0.200. The molecule has 8 heavy (non-hydrogen) atoms. The summed E-state index contributed by atoms with van der Waals surface area (Å²) in [7, 11) is 0. The quantitative estimate of drug-likeness (QED) is 0.503. The summed E-state index contributed by atoms with van der Waals surface area (Å²) in [6, 6.07) is 0. The average Bonchev–Trinajstić information content (AvgIpc) is 2.14. The molecule has 1 heterocycles. The Kier molecular flexibility index (Phi) is 1.12. The molecule has 0 amide bonds. The van der Waals surface area contributed by atoms with Crippen molar-refractivity contribution in [3.05, 3.63) is 17.5 Å². The van der Waals surface area contributed by atoms with Gasteiger partial charge in [0.2, 0.25) is 0 Å². The van der Waals surface area contributed by atoms with Crippen LogP contribution in [0.1, 0.15) is 16.1 Å². The van der Waals surface area contributed by atoms with Crippen LogP contribution in [0.4, 0.5) is 0 Å². The lowest BCUT2D eigenvalue weighted by Crippen LogP contribution is -1.74. The number of carbonyl (C=O) groups is 1. The van der Waals surface area contributed by atoms with Crippen LogP contribution in [0.3, 0.4) is 0 Å². The predicted octanol–water partition coefficient (Wildman–Crippen LogP) is 0.796. The monoisotopic (exact) mass is 111 g/mol. The van der Waals surface area contributed by atoms with E-state index in [4.69, 9.17) is 0 Å². The molecule has 0 spiro atoms. The number of carbonyl (C=O) groups excluding carboxylic acids is 1. The normalized spacial score (nSPS) is 9.12. The molecule has 0 aliphatic carbocycles. The zero-order valence-corrected chi connectivity index (χ0v) is 4.42. The van der Waals surface area contributed by atoms with E-state index in [-0.39, 0.29) is 0 Å². The summed E-state index contributed by atoms with van der Waals surface area (Å²) in [5, 5.41) is 3.39. The minimum atomic E-state index is 0.519. The Bertz CT molecular complexity index is 192. The van der Waals surface area contributed by atoms with Crippen molar-refractivity contribution in [1.82, 2.24) is 5.16 Å². The molecule has 3 nitrogen and oxygen atoms in total. The summed E-state index contributed by atoms with van der Waals surface area (Å²) in [5.41, 5.74) is 0.519. The predicted molar refractivity (Wildman–Crippen MR) is 26.6 cm³/mol. The number of rotatable bonds is 1. The van der Waals surface area contributed by atoms with Gasteiger partial charge >= 0.3 is 0 Å². The highest BCUT2D eigenvalue weighted by Crippen LogP contribution is 2.00. The van der Waals surface area contributed by atoms with Gasteiger partial charge in [-0.3, -0.25) is 4.79 Å². The number of aldehydes is 1. The molecule has 1 aromatic heterocycles. The summed E-state index contributed by atoms with van der Waals surface area (Å²) < 4.78 is 4.57. The molecule has 3 heteroatoms. The molecule has 0 aromatic carbocycles. The third-order valence-electron chi connectivity index (χ3n) is 0.915. The molecule has 0 saturated heterocycles. The van der Waals surface area contributed by atoms with Gasteiger partial charge in [-0.25, -0.2) is 0 Å². The SMILES string of the molecule is Cc1oncc1C=O. The summed E-state index contributed by atoms with van der Waals surface area (Å²) in [4.78, 5) is 9.99. The van der Waals surface area contributed by atoms with Crippen LogP contribution in [0.5, 0.6) is 0 Å². The molecular formula is C5H5NO2. The van der Waals surface area contributed by atoms with E-state index in [1.807, 2.05) is 0 Å². The molecule has 0 aliphatic rings. The summed E-state index contributed by atoms with van der Waals surface area (Å²) in [5.74, 6) is 0.569. The fourth-order valence-corrected chi connectivity index (χ4v) is 0.419. The van der Waals surface area contributed by atoms with Crippen LogP contribution in [0.25, 0.3) is 0 Å². The fourth-order valence-electron chi connectivity index (χ4n) is 0.419. The third kappa shape index (κ3) is 0.621. The van der Waals surface area contributed by atoms with Crippen molar-refractivity contribution in [3.8, 4) is 0 Å². The van der Waals surface area contributed by atoms with Gasteiger partial charge in [-0.1, -0.05) is 5.16 Å². The molecule has 1 aromatic rings. The third-order valence-corrected chi connectivity index (χ3v) is 0.915. The second-order valence-electron chi connectivity index (χ2n) is 1.46. The molecule has 0 N–H and O–H groups in total. The number of hydrogen-bond acceptors (Lipinski definition) is 3. The molecule has 0 saturated carbocycles. The van der Waals surface area contributed by atoms with Crippen molar-refractivity contribution in [2.45, 2.75) is 6.92 Å². The maximum Gasteiger partial charge on any atom is 0.155 e. The van der Waals surface area contributed by atoms with Crippen LogP contribution in [0.15, 0.2) is 10.7 Å². The molecule has 0 bridgehead atoms. The van der Waals surface area contributed by atoms with Gasteiger partial charge < -0.3 is 4.52 Å². The molecule has 0 unspecified atom stereocenters. The van der Waals surface area contributed by atoms with Crippen molar-refractivity contribution in [1.29, 1.82) is 0 Å². The van der Waals surface area contributed by atoms with E-state index in [1.165, 1.54) is 6.20 Å². The van der Waals surface area contributed by atoms with Gasteiger partial charge in [0, 0.05) is 0 Å². The maximum atomic E-state index is 9.99. The van der Waals surface area contributed by atoms with Gasteiger partial charge in [-0.15, -0.1) is 0 Å². The first-order valence-corrected chi connectivity index (χ1v) is 2.21. The number of nitrogens with zero attached hydrogens (tertiary/aromatic N) is 1. The Balaban J connectivity index is 3.09. The van der Waals surface area contributed by atoms with E-state index >= 15 is 0 Å². The topological polar surface area (TPSA) is 43.1 Å². The molecule has 0 radical (unpaired) electrons. The Morgan fingerprint density at radius 2 is 2.62 bits per heavy atom. The van der Waals surface area contributed by atoms with E-state index < -0.39 is 0 Å². The minimum absolute atomic E-state index is 0.519. The van der Waals surface area contributed by atoms with E-state index in [0.29, 0.717) is 17.6 Å². The standard InChI is InChI=1S/C5H5NO2/c1-4-5(3-7)2-6-8-4/h2-3H,1H3. The van der Waals surface area contributed by atoms with Gasteiger partial charge in [0.25, 0.3) is 0 Å². The second kappa shape index (κ2) is 1.78. The highest BCUT2D eigenvalue weighted by molar-refractivity contribution is 5.75. The molecule has 0 fully saturated rings. The average molecular weight is 111 g/mol. The van der Waals surface area contributed by atoms with Crippen LogP contribution in [-0.4, -0.2) is 11.4 Å². The number of hydrogen-bond donors (Lipinski definition) is 0. The summed E-state index contributed by atoms with van der Waals surface area (Å²) in [6.07, 6.45) is 2.11.